The summed E-state index contributed by atoms with van der Waals surface area (Å²) in [5, 5.41) is 7.15. The third kappa shape index (κ3) is 4.07. The number of rotatable bonds is 7. The second kappa shape index (κ2) is 8.17. The Bertz CT molecular complexity index is 659. The Hall–Kier alpha value is -2.05. The minimum absolute atomic E-state index is 0.134. The first kappa shape index (κ1) is 18.3. The summed E-state index contributed by atoms with van der Waals surface area (Å²) in [5.41, 5.74) is 2.60. The first-order valence-electron chi connectivity index (χ1n) is 7.67. The van der Waals surface area contributed by atoms with Gasteiger partial charge in [-0.15, -0.1) is 0 Å². The smallest absolute Gasteiger partial charge is 0.251 e. The highest BCUT2D eigenvalue weighted by Gasteiger charge is 2.18. The second-order valence-electron chi connectivity index (χ2n) is 5.75. The number of nitrogens with one attached hydrogen (secondary N) is 1. The zero-order valence-corrected chi connectivity index (χ0v) is 15.6. The number of nitrogens with zero attached hydrogens (tertiary/aromatic N) is 1. The van der Waals surface area contributed by atoms with Gasteiger partial charge in [0.25, 0.3) is 5.91 Å². The fraction of sp³-hybridized carbons (Fsp3) is 0.389. The van der Waals surface area contributed by atoms with Gasteiger partial charge in [-0.25, -0.2) is 0 Å². The monoisotopic (exact) mass is 348 g/mol. The van der Waals surface area contributed by atoms with Gasteiger partial charge in [-0.05, 0) is 55.5 Å². The van der Waals surface area contributed by atoms with E-state index in [9.17, 15) is 4.79 Å². The van der Waals surface area contributed by atoms with Gasteiger partial charge in [0.1, 0.15) is 11.5 Å². The molecule has 1 amide bonds. The van der Waals surface area contributed by atoms with Gasteiger partial charge in [0.2, 0.25) is 0 Å². The zero-order chi connectivity index (χ0) is 17.7. The average molecular weight is 348 g/mol. The Morgan fingerprint density at radius 3 is 2.33 bits per heavy atom. The molecule has 130 valence electrons. The van der Waals surface area contributed by atoms with E-state index in [0.717, 1.165) is 5.56 Å². The van der Waals surface area contributed by atoms with Gasteiger partial charge in [-0.2, -0.15) is 11.3 Å². The summed E-state index contributed by atoms with van der Waals surface area (Å²) in [5.74, 6) is 1.14. The van der Waals surface area contributed by atoms with Crippen LogP contribution in [-0.4, -0.2) is 45.7 Å². The van der Waals surface area contributed by atoms with E-state index in [1.165, 1.54) is 5.56 Å². The average Bonchev–Trinajstić information content (AvgIpc) is 3.08. The van der Waals surface area contributed by atoms with E-state index in [0.29, 0.717) is 23.6 Å². The summed E-state index contributed by atoms with van der Waals surface area (Å²) in [7, 11) is 7.18. The second-order valence-corrected chi connectivity index (χ2v) is 6.53. The molecule has 0 saturated heterocycles. The number of thiophene rings is 1. The van der Waals surface area contributed by atoms with Gasteiger partial charge in [-0.3, -0.25) is 4.79 Å². The fourth-order valence-corrected chi connectivity index (χ4v) is 3.28. The third-order valence-electron chi connectivity index (χ3n) is 4.02. The quantitative estimate of drug-likeness (QED) is 0.835. The molecule has 0 fully saturated rings. The lowest BCUT2D eigenvalue weighted by Gasteiger charge is -2.24. The molecule has 1 atom stereocenters. The Balaban J connectivity index is 2.14. The molecule has 0 aliphatic rings. The number of methoxy groups -OCH3 is 2. The van der Waals surface area contributed by atoms with Crippen molar-refractivity contribution in [1.82, 2.24) is 10.2 Å². The number of likely N-dealkylation sites (N-methyl/N-ethyl adjacent to an activating group) is 1. The SMILES string of the molecule is COc1cc(C(=O)NC[C@H](c2ccsc2)N(C)C)cc(OC)c1C. The molecule has 0 saturated carbocycles. The van der Waals surface area contributed by atoms with Crippen molar-refractivity contribution in [3.05, 3.63) is 45.6 Å². The maximum atomic E-state index is 12.6. The zero-order valence-electron chi connectivity index (χ0n) is 14.8. The molecule has 1 aromatic heterocycles. The number of carbonyl (C=O) groups excluding carboxylic acids is 1. The van der Waals surface area contributed by atoms with E-state index < -0.39 is 0 Å². The van der Waals surface area contributed by atoms with Crippen LogP contribution in [0.1, 0.15) is 27.5 Å². The van der Waals surface area contributed by atoms with Crippen LogP contribution in [0, 0.1) is 6.92 Å². The largest absolute Gasteiger partial charge is 0.496 e. The molecule has 0 aliphatic carbocycles. The number of hydrogen-bond donors (Lipinski definition) is 1. The van der Waals surface area contributed by atoms with Crippen LogP contribution in [-0.2, 0) is 0 Å². The molecule has 0 aliphatic heterocycles. The molecule has 2 rings (SSSR count). The number of hydrogen-bond acceptors (Lipinski definition) is 5. The third-order valence-corrected chi connectivity index (χ3v) is 4.72. The number of amides is 1. The van der Waals surface area contributed by atoms with E-state index in [4.69, 9.17) is 9.47 Å². The van der Waals surface area contributed by atoms with Crippen molar-refractivity contribution in [2.75, 3.05) is 34.9 Å². The molecule has 2 aromatic rings. The maximum absolute atomic E-state index is 12.6. The lowest BCUT2D eigenvalue weighted by Crippen LogP contribution is -2.34. The molecule has 1 aromatic carbocycles. The Morgan fingerprint density at radius 1 is 1.25 bits per heavy atom. The van der Waals surface area contributed by atoms with Crippen LogP contribution in [0.4, 0.5) is 0 Å². The topological polar surface area (TPSA) is 50.8 Å². The number of ether oxygens (including phenoxy) is 2. The Morgan fingerprint density at radius 2 is 1.88 bits per heavy atom. The van der Waals surface area contributed by atoms with Gasteiger partial charge in [-0.1, -0.05) is 0 Å². The summed E-state index contributed by atoms with van der Waals surface area (Å²) < 4.78 is 10.7. The first-order chi connectivity index (χ1) is 11.5. The highest BCUT2D eigenvalue weighted by molar-refractivity contribution is 7.07. The standard InChI is InChI=1S/C18H24N2O3S/c1-12-16(22-4)8-14(9-17(12)23-5)18(21)19-10-15(20(2)3)13-6-7-24-11-13/h6-9,11,15H,10H2,1-5H3,(H,19,21)/t15-/m1/s1. The van der Waals surface area contributed by atoms with Crippen molar-refractivity contribution in [1.29, 1.82) is 0 Å². The van der Waals surface area contributed by atoms with E-state index in [1.54, 1.807) is 37.7 Å². The summed E-state index contributed by atoms with van der Waals surface area (Å²) in [4.78, 5) is 14.6. The van der Waals surface area contributed by atoms with Crippen molar-refractivity contribution in [2.24, 2.45) is 0 Å². The lowest BCUT2D eigenvalue weighted by atomic mass is 10.1. The molecule has 0 unspecified atom stereocenters. The van der Waals surface area contributed by atoms with E-state index >= 15 is 0 Å². The van der Waals surface area contributed by atoms with Crippen LogP contribution in [0.15, 0.2) is 29.0 Å². The number of carbonyl (C=O) groups is 1. The Labute approximate surface area is 147 Å². The molecule has 24 heavy (non-hydrogen) atoms. The predicted octanol–water partition coefficient (Wildman–Crippen LogP) is 3.11. The van der Waals surface area contributed by atoms with Gasteiger partial charge in [0, 0.05) is 17.7 Å². The molecule has 0 bridgehead atoms. The van der Waals surface area contributed by atoms with Crippen LogP contribution in [0.25, 0.3) is 0 Å². The van der Waals surface area contributed by atoms with Crippen molar-refractivity contribution < 1.29 is 14.3 Å². The highest BCUT2D eigenvalue weighted by Crippen LogP contribution is 2.29. The molecule has 5 nitrogen and oxygen atoms in total. The van der Waals surface area contributed by atoms with Crippen LogP contribution in [0.5, 0.6) is 11.5 Å². The van der Waals surface area contributed by atoms with Crippen molar-refractivity contribution in [2.45, 2.75) is 13.0 Å². The van der Waals surface area contributed by atoms with Crippen LogP contribution < -0.4 is 14.8 Å². The van der Waals surface area contributed by atoms with Crippen LogP contribution in [0.2, 0.25) is 0 Å². The molecule has 1 N–H and O–H groups in total. The summed E-state index contributed by atoms with van der Waals surface area (Å²) >= 11 is 1.65. The fourth-order valence-electron chi connectivity index (χ4n) is 2.57. The van der Waals surface area contributed by atoms with Crippen molar-refractivity contribution in [3.8, 4) is 11.5 Å². The summed E-state index contributed by atoms with van der Waals surface area (Å²) in [6.45, 7) is 2.43. The number of benzene rings is 1. The molecule has 6 heteroatoms. The van der Waals surface area contributed by atoms with Gasteiger partial charge >= 0.3 is 0 Å². The highest BCUT2D eigenvalue weighted by atomic mass is 32.1. The van der Waals surface area contributed by atoms with E-state index in [-0.39, 0.29) is 11.9 Å². The van der Waals surface area contributed by atoms with Gasteiger partial charge in [0.05, 0.1) is 20.3 Å². The molecular formula is C18H24N2O3S. The lowest BCUT2D eigenvalue weighted by molar-refractivity contribution is 0.0941. The molecule has 1 heterocycles. The minimum atomic E-state index is -0.145. The normalized spacial score (nSPS) is 12.1. The van der Waals surface area contributed by atoms with Crippen molar-refractivity contribution >= 4 is 17.2 Å². The molecular weight excluding hydrogens is 324 g/mol. The van der Waals surface area contributed by atoms with Crippen LogP contribution >= 0.6 is 11.3 Å². The summed E-state index contributed by atoms with van der Waals surface area (Å²) in [6, 6.07) is 5.69. The Kier molecular flexibility index (Phi) is 6.23. The maximum Gasteiger partial charge on any atom is 0.251 e. The van der Waals surface area contributed by atoms with E-state index in [2.05, 4.69) is 21.7 Å². The first-order valence-corrected chi connectivity index (χ1v) is 8.61. The van der Waals surface area contributed by atoms with Gasteiger partial charge < -0.3 is 19.7 Å². The van der Waals surface area contributed by atoms with Crippen molar-refractivity contribution in [3.63, 3.8) is 0 Å². The molecule has 0 spiro atoms. The summed E-state index contributed by atoms with van der Waals surface area (Å²) in [6.07, 6.45) is 0. The van der Waals surface area contributed by atoms with Crippen LogP contribution in [0.3, 0.4) is 0 Å². The van der Waals surface area contributed by atoms with E-state index in [1.807, 2.05) is 26.4 Å². The van der Waals surface area contributed by atoms with Gasteiger partial charge in [0.15, 0.2) is 0 Å². The minimum Gasteiger partial charge on any atom is -0.496 e. The molecule has 0 radical (unpaired) electrons. The predicted molar refractivity (Wildman–Crippen MR) is 97.4 cm³/mol.